The molecule has 0 atom stereocenters. The number of benzene rings is 2. The molecule has 10 nitrogen and oxygen atoms in total. The molecule has 11 heteroatoms. The minimum atomic E-state index is -0.786. The summed E-state index contributed by atoms with van der Waals surface area (Å²) in [5.74, 6) is -2.16. The second-order valence-corrected chi connectivity index (χ2v) is 6.56. The fraction of sp³-hybridized carbons (Fsp3) is 0.100. The number of nitro groups is 1. The highest BCUT2D eigenvalue weighted by atomic mass is 35.5. The summed E-state index contributed by atoms with van der Waals surface area (Å²) in [6.07, 6.45) is 1.35. The van der Waals surface area contributed by atoms with Gasteiger partial charge in [-0.25, -0.2) is 9.79 Å². The van der Waals surface area contributed by atoms with Crippen LogP contribution in [0, 0.1) is 10.1 Å². The number of rotatable bonds is 5. The predicted octanol–water partition coefficient (Wildman–Crippen LogP) is 3.44. The number of esters is 3. The van der Waals surface area contributed by atoms with Crippen molar-refractivity contribution in [2.24, 2.45) is 4.99 Å². The molecule has 31 heavy (non-hydrogen) atoms. The Kier molecular flexibility index (Phi) is 6.12. The molecule has 0 saturated carbocycles. The minimum Gasteiger partial charge on any atom is -0.423 e. The number of nitro benzene ring substituents is 1. The minimum absolute atomic E-state index is 0.0245. The van der Waals surface area contributed by atoms with Gasteiger partial charge in [0.25, 0.3) is 5.69 Å². The van der Waals surface area contributed by atoms with Crippen LogP contribution >= 0.6 is 11.6 Å². The highest BCUT2D eigenvalue weighted by Crippen LogP contribution is 2.31. The smallest absolute Gasteiger partial charge is 0.363 e. The van der Waals surface area contributed by atoms with Crippen molar-refractivity contribution in [3.05, 3.63) is 68.4 Å². The number of cyclic esters (lactones) is 1. The van der Waals surface area contributed by atoms with Gasteiger partial charge in [0.05, 0.1) is 4.92 Å². The Labute approximate surface area is 179 Å². The molecular formula is C20H13ClN2O8. The number of nitrogens with zero attached hydrogens (tertiary/aromatic N) is 2. The summed E-state index contributed by atoms with van der Waals surface area (Å²) in [6, 6.07) is 8.14. The van der Waals surface area contributed by atoms with Crippen LogP contribution in [0.2, 0.25) is 5.02 Å². The van der Waals surface area contributed by atoms with Crippen molar-refractivity contribution in [3.8, 4) is 11.5 Å². The topological polar surface area (TPSA) is 134 Å². The number of hydrogen-bond donors (Lipinski definition) is 0. The zero-order valence-corrected chi connectivity index (χ0v) is 16.8. The molecule has 158 valence electrons. The normalized spacial score (nSPS) is 14.1. The van der Waals surface area contributed by atoms with Gasteiger partial charge in [-0.15, -0.1) is 0 Å². The molecule has 0 N–H and O–H groups in total. The first-order chi connectivity index (χ1) is 14.6. The van der Waals surface area contributed by atoms with Gasteiger partial charge < -0.3 is 14.2 Å². The first-order valence-corrected chi connectivity index (χ1v) is 8.99. The summed E-state index contributed by atoms with van der Waals surface area (Å²) in [5, 5.41) is 11.0. The highest BCUT2D eigenvalue weighted by Gasteiger charge is 2.26. The van der Waals surface area contributed by atoms with E-state index >= 15 is 0 Å². The summed E-state index contributed by atoms with van der Waals surface area (Å²) in [6.45, 7) is 2.37. The van der Waals surface area contributed by atoms with Crippen molar-refractivity contribution < 1.29 is 33.5 Å². The molecular weight excluding hydrogens is 432 g/mol. The Bertz CT molecular complexity index is 1190. The zero-order chi connectivity index (χ0) is 22.7. The Morgan fingerprint density at radius 3 is 2.42 bits per heavy atom. The van der Waals surface area contributed by atoms with E-state index in [2.05, 4.69) is 4.99 Å². The van der Waals surface area contributed by atoms with Crippen molar-refractivity contribution in [3.63, 3.8) is 0 Å². The average Bonchev–Trinajstić information content (AvgIpc) is 3.03. The maximum atomic E-state index is 12.2. The zero-order valence-electron chi connectivity index (χ0n) is 16.1. The molecule has 2 aromatic carbocycles. The van der Waals surface area contributed by atoms with Crippen LogP contribution in [0.3, 0.4) is 0 Å². The van der Waals surface area contributed by atoms with Gasteiger partial charge in [-0.05, 0) is 35.9 Å². The molecule has 2 aromatic rings. The Morgan fingerprint density at radius 1 is 1.10 bits per heavy atom. The number of halogens is 1. The van der Waals surface area contributed by atoms with Gasteiger partial charge in [-0.3, -0.25) is 19.7 Å². The van der Waals surface area contributed by atoms with Crippen molar-refractivity contribution in [2.45, 2.75) is 13.8 Å². The quantitative estimate of drug-likeness (QED) is 0.225. The van der Waals surface area contributed by atoms with Crippen LogP contribution in [0.5, 0.6) is 11.5 Å². The molecule has 0 bridgehead atoms. The molecule has 1 aliphatic heterocycles. The Hall–Kier alpha value is -4.05. The lowest BCUT2D eigenvalue weighted by Crippen LogP contribution is -2.07. The monoisotopic (exact) mass is 444 g/mol. The lowest BCUT2D eigenvalue weighted by Gasteiger charge is -2.09. The van der Waals surface area contributed by atoms with E-state index in [0.29, 0.717) is 5.56 Å². The number of carbonyl (C=O) groups excluding carboxylic acids is 3. The van der Waals surface area contributed by atoms with Crippen LogP contribution in [-0.2, 0) is 19.1 Å². The van der Waals surface area contributed by atoms with Crippen LogP contribution in [0.15, 0.2) is 47.1 Å². The maximum absolute atomic E-state index is 12.2. The number of carbonyl (C=O) groups is 3. The van der Waals surface area contributed by atoms with E-state index in [9.17, 15) is 24.5 Å². The molecule has 0 fully saturated rings. The molecule has 1 heterocycles. The number of ether oxygens (including phenoxy) is 3. The lowest BCUT2D eigenvalue weighted by molar-refractivity contribution is -0.384. The van der Waals surface area contributed by atoms with E-state index in [1.807, 2.05) is 0 Å². The van der Waals surface area contributed by atoms with Crippen LogP contribution in [0.1, 0.15) is 25.0 Å². The second-order valence-electron chi connectivity index (χ2n) is 6.15. The van der Waals surface area contributed by atoms with E-state index < -0.39 is 22.8 Å². The first-order valence-electron chi connectivity index (χ1n) is 8.62. The molecule has 0 saturated heterocycles. The second kappa shape index (κ2) is 8.76. The van der Waals surface area contributed by atoms with Gasteiger partial charge in [-0.1, -0.05) is 17.7 Å². The lowest BCUT2D eigenvalue weighted by atomic mass is 10.1. The summed E-state index contributed by atoms with van der Waals surface area (Å²) in [7, 11) is 0. The predicted molar refractivity (Wildman–Crippen MR) is 108 cm³/mol. The molecule has 0 aliphatic carbocycles. The van der Waals surface area contributed by atoms with E-state index in [1.54, 1.807) is 0 Å². The Morgan fingerprint density at radius 2 is 1.77 bits per heavy atom. The van der Waals surface area contributed by atoms with E-state index in [1.165, 1.54) is 50.3 Å². The summed E-state index contributed by atoms with van der Waals surface area (Å²) < 4.78 is 15.1. The highest BCUT2D eigenvalue weighted by molar-refractivity contribution is 6.32. The molecule has 0 aromatic heterocycles. The molecule has 0 unspecified atom stereocenters. The van der Waals surface area contributed by atoms with Gasteiger partial charge in [0.15, 0.2) is 17.2 Å². The number of hydrogen-bond acceptors (Lipinski definition) is 9. The average molecular weight is 445 g/mol. The molecule has 0 spiro atoms. The van der Waals surface area contributed by atoms with Crippen LogP contribution in [0.25, 0.3) is 6.08 Å². The van der Waals surface area contributed by atoms with Crippen molar-refractivity contribution in [2.75, 3.05) is 0 Å². The van der Waals surface area contributed by atoms with Crippen LogP contribution < -0.4 is 9.47 Å². The summed E-state index contributed by atoms with van der Waals surface area (Å²) >= 11 is 5.79. The number of aliphatic imine (C=N–C) groups is 1. The fourth-order valence-electron chi connectivity index (χ4n) is 2.56. The third kappa shape index (κ3) is 5.11. The van der Waals surface area contributed by atoms with Gasteiger partial charge in [0.1, 0.15) is 5.02 Å². The van der Waals surface area contributed by atoms with E-state index in [-0.39, 0.29) is 39.4 Å². The maximum Gasteiger partial charge on any atom is 0.363 e. The largest absolute Gasteiger partial charge is 0.423 e. The van der Waals surface area contributed by atoms with Crippen molar-refractivity contribution >= 4 is 47.2 Å². The summed E-state index contributed by atoms with van der Waals surface area (Å²) in [5.41, 5.74) is 0.133. The fourth-order valence-corrected chi connectivity index (χ4v) is 2.75. The van der Waals surface area contributed by atoms with Crippen molar-refractivity contribution in [1.82, 2.24) is 0 Å². The van der Waals surface area contributed by atoms with Crippen molar-refractivity contribution in [1.29, 1.82) is 0 Å². The molecule has 0 radical (unpaired) electrons. The van der Waals surface area contributed by atoms with Gasteiger partial charge in [0, 0.05) is 25.5 Å². The van der Waals surface area contributed by atoms with E-state index in [0.717, 1.165) is 6.07 Å². The molecule has 0 amide bonds. The Balaban J connectivity index is 1.96. The molecule has 3 rings (SSSR count). The molecule has 1 aliphatic rings. The third-order valence-electron chi connectivity index (χ3n) is 3.79. The van der Waals surface area contributed by atoms with Crippen LogP contribution in [-0.4, -0.2) is 28.7 Å². The van der Waals surface area contributed by atoms with Crippen LogP contribution in [0.4, 0.5) is 5.69 Å². The SMILES string of the molecule is CC(=O)Oc1ccc(/C=C2\N=C(c3ccc(Cl)c([N+](=O)[O-])c3)OC2=O)cc1OC(C)=O. The van der Waals surface area contributed by atoms with E-state index in [4.69, 9.17) is 25.8 Å². The third-order valence-corrected chi connectivity index (χ3v) is 4.11. The van der Waals surface area contributed by atoms with Gasteiger partial charge >= 0.3 is 17.9 Å². The standard InChI is InChI=1S/C20H13ClN2O8/c1-10(24)29-17-6-3-12(8-18(17)30-11(2)25)7-15-20(26)31-19(22-15)13-4-5-14(21)16(9-13)23(27)28/h3-9H,1-2H3/b15-7-. The van der Waals surface area contributed by atoms with Gasteiger partial charge in [-0.2, -0.15) is 0 Å². The van der Waals surface area contributed by atoms with Gasteiger partial charge in [0.2, 0.25) is 5.90 Å². The summed E-state index contributed by atoms with van der Waals surface area (Å²) in [4.78, 5) is 49.2. The first kappa shape index (κ1) is 21.7.